The van der Waals surface area contributed by atoms with Gasteiger partial charge in [0.1, 0.15) is 6.04 Å². The first kappa shape index (κ1) is 17.3. The fourth-order valence-corrected chi connectivity index (χ4v) is 2.67. The van der Waals surface area contributed by atoms with E-state index in [1.165, 1.54) is 7.11 Å². The molecule has 6 heteroatoms. The van der Waals surface area contributed by atoms with E-state index in [1.807, 2.05) is 13.8 Å². The Hall–Kier alpha value is -0.780. The van der Waals surface area contributed by atoms with E-state index in [9.17, 15) is 18.0 Å². The summed E-state index contributed by atoms with van der Waals surface area (Å²) in [6, 6.07) is -0.468. The lowest BCUT2D eigenvalue weighted by molar-refractivity contribution is -0.183. The van der Waals surface area contributed by atoms with Crippen molar-refractivity contribution in [2.24, 2.45) is 11.8 Å². The van der Waals surface area contributed by atoms with Crippen molar-refractivity contribution in [2.45, 2.75) is 64.2 Å². The van der Waals surface area contributed by atoms with Crippen molar-refractivity contribution in [1.82, 2.24) is 5.32 Å². The molecule has 1 N–H and O–H groups in total. The quantitative estimate of drug-likeness (QED) is 0.791. The fraction of sp³-hybridized carbons (Fsp3) is 0.929. The van der Waals surface area contributed by atoms with Gasteiger partial charge >= 0.3 is 12.1 Å². The molecule has 0 aromatic heterocycles. The molecule has 0 aromatic carbocycles. The summed E-state index contributed by atoms with van der Waals surface area (Å²) >= 11 is 0. The maximum absolute atomic E-state index is 12.6. The molecular weight excluding hydrogens is 271 g/mol. The second-order valence-electron chi connectivity index (χ2n) is 5.64. The first-order valence-electron chi connectivity index (χ1n) is 7.20. The number of hydrogen-bond acceptors (Lipinski definition) is 3. The van der Waals surface area contributed by atoms with Crippen molar-refractivity contribution in [3.05, 3.63) is 0 Å². The molecule has 0 heterocycles. The second-order valence-corrected chi connectivity index (χ2v) is 5.64. The van der Waals surface area contributed by atoms with E-state index >= 15 is 0 Å². The van der Waals surface area contributed by atoms with E-state index in [1.54, 1.807) is 0 Å². The summed E-state index contributed by atoms with van der Waals surface area (Å²) in [5.74, 6) is -1.43. The van der Waals surface area contributed by atoms with Crippen LogP contribution in [0.15, 0.2) is 0 Å². The van der Waals surface area contributed by atoms with E-state index in [-0.39, 0.29) is 30.8 Å². The van der Waals surface area contributed by atoms with Crippen molar-refractivity contribution < 1.29 is 22.7 Å². The van der Waals surface area contributed by atoms with Crippen LogP contribution in [0.3, 0.4) is 0 Å². The zero-order chi connectivity index (χ0) is 15.3. The summed E-state index contributed by atoms with van der Waals surface area (Å²) in [4.78, 5) is 11.7. The molecule has 0 aromatic rings. The molecule has 20 heavy (non-hydrogen) atoms. The SMILES string of the molecule is CCC(C)C(NC1CCC(C(F)(F)F)CC1)C(=O)OC. The molecule has 3 nitrogen and oxygen atoms in total. The molecular formula is C14H24F3NO2. The van der Waals surface area contributed by atoms with Crippen LogP contribution in [0.25, 0.3) is 0 Å². The summed E-state index contributed by atoms with van der Waals surface area (Å²) < 4.78 is 42.6. The van der Waals surface area contributed by atoms with Gasteiger partial charge in [0.25, 0.3) is 0 Å². The van der Waals surface area contributed by atoms with Gasteiger partial charge in [0, 0.05) is 6.04 Å². The molecule has 0 saturated heterocycles. The Morgan fingerprint density at radius 2 is 1.85 bits per heavy atom. The summed E-state index contributed by atoms with van der Waals surface area (Å²) in [6.07, 6.45) is -2.11. The molecule has 1 aliphatic carbocycles. The Kier molecular flexibility index (Phi) is 6.30. The summed E-state index contributed by atoms with van der Waals surface area (Å²) in [7, 11) is 1.33. The zero-order valence-electron chi connectivity index (χ0n) is 12.3. The lowest BCUT2D eigenvalue weighted by Gasteiger charge is -2.33. The number of hydrogen-bond donors (Lipinski definition) is 1. The van der Waals surface area contributed by atoms with Gasteiger partial charge in [0.15, 0.2) is 0 Å². The third kappa shape index (κ3) is 4.65. The number of carbonyl (C=O) groups excluding carboxylic acids is 1. The highest BCUT2D eigenvalue weighted by atomic mass is 19.4. The van der Waals surface area contributed by atoms with Gasteiger partial charge in [-0.05, 0) is 31.6 Å². The van der Waals surface area contributed by atoms with Crippen molar-refractivity contribution in [3.63, 3.8) is 0 Å². The highest BCUT2D eigenvalue weighted by molar-refractivity contribution is 5.76. The predicted molar refractivity (Wildman–Crippen MR) is 70.2 cm³/mol. The molecule has 1 rings (SSSR count). The topological polar surface area (TPSA) is 38.3 Å². The van der Waals surface area contributed by atoms with Gasteiger partial charge in [0.2, 0.25) is 0 Å². The first-order valence-corrected chi connectivity index (χ1v) is 7.20. The smallest absolute Gasteiger partial charge is 0.391 e. The van der Waals surface area contributed by atoms with Gasteiger partial charge in [-0.2, -0.15) is 13.2 Å². The van der Waals surface area contributed by atoms with E-state index in [0.717, 1.165) is 6.42 Å². The van der Waals surface area contributed by atoms with E-state index in [2.05, 4.69) is 5.32 Å². The third-order valence-corrected chi connectivity index (χ3v) is 4.27. The van der Waals surface area contributed by atoms with Crippen LogP contribution in [0, 0.1) is 11.8 Å². The number of rotatable bonds is 5. The Balaban J connectivity index is 2.54. The molecule has 1 fully saturated rings. The highest BCUT2D eigenvalue weighted by Gasteiger charge is 2.42. The summed E-state index contributed by atoms with van der Waals surface area (Å²) in [5.41, 5.74) is 0. The Labute approximate surface area is 118 Å². The number of methoxy groups -OCH3 is 1. The molecule has 0 bridgehead atoms. The highest BCUT2D eigenvalue weighted by Crippen LogP contribution is 2.37. The molecule has 0 radical (unpaired) electrons. The van der Waals surface area contributed by atoms with Crippen molar-refractivity contribution in [2.75, 3.05) is 7.11 Å². The molecule has 1 saturated carbocycles. The Morgan fingerprint density at radius 1 is 1.30 bits per heavy atom. The van der Waals surface area contributed by atoms with Crippen molar-refractivity contribution in [3.8, 4) is 0 Å². The fourth-order valence-electron chi connectivity index (χ4n) is 2.67. The molecule has 2 unspecified atom stereocenters. The number of ether oxygens (including phenoxy) is 1. The van der Waals surface area contributed by atoms with Gasteiger partial charge in [-0.3, -0.25) is 4.79 Å². The molecule has 2 atom stereocenters. The van der Waals surface area contributed by atoms with Gasteiger partial charge in [-0.25, -0.2) is 0 Å². The molecule has 0 amide bonds. The minimum absolute atomic E-state index is 0.0355. The van der Waals surface area contributed by atoms with E-state index in [4.69, 9.17) is 4.74 Å². The van der Waals surface area contributed by atoms with Crippen molar-refractivity contribution >= 4 is 5.97 Å². The monoisotopic (exact) mass is 295 g/mol. The largest absolute Gasteiger partial charge is 0.468 e. The maximum Gasteiger partial charge on any atom is 0.391 e. The Morgan fingerprint density at radius 3 is 2.25 bits per heavy atom. The van der Waals surface area contributed by atoms with Crippen LogP contribution in [0.2, 0.25) is 0 Å². The summed E-state index contributed by atoms with van der Waals surface area (Å²) in [6.45, 7) is 3.92. The molecule has 0 spiro atoms. The normalized spacial score (nSPS) is 26.9. The van der Waals surface area contributed by atoms with Crippen LogP contribution < -0.4 is 5.32 Å². The van der Waals surface area contributed by atoms with E-state index in [0.29, 0.717) is 12.8 Å². The zero-order valence-corrected chi connectivity index (χ0v) is 12.3. The number of halogens is 3. The van der Waals surface area contributed by atoms with Gasteiger partial charge in [0.05, 0.1) is 13.0 Å². The molecule has 1 aliphatic rings. The number of carbonyl (C=O) groups is 1. The second kappa shape index (κ2) is 7.29. The average Bonchev–Trinajstić information content (AvgIpc) is 2.42. The van der Waals surface area contributed by atoms with Crippen molar-refractivity contribution in [1.29, 1.82) is 0 Å². The number of alkyl halides is 3. The first-order chi connectivity index (χ1) is 9.29. The van der Waals surface area contributed by atoms with Gasteiger partial charge in [-0.15, -0.1) is 0 Å². The van der Waals surface area contributed by atoms with E-state index < -0.39 is 18.1 Å². The average molecular weight is 295 g/mol. The van der Waals surface area contributed by atoms with Crippen LogP contribution in [-0.4, -0.2) is 31.3 Å². The molecule has 118 valence electrons. The van der Waals surface area contributed by atoms with Crippen LogP contribution in [-0.2, 0) is 9.53 Å². The van der Waals surface area contributed by atoms with Crippen LogP contribution in [0.4, 0.5) is 13.2 Å². The minimum Gasteiger partial charge on any atom is -0.468 e. The van der Waals surface area contributed by atoms with Crippen LogP contribution >= 0.6 is 0 Å². The standard InChI is InChI=1S/C14H24F3NO2/c1-4-9(2)12(13(19)20-3)18-11-7-5-10(6-8-11)14(15,16)17/h9-12,18H,4-8H2,1-3H3. The lowest BCUT2D eigenvalue weighted by atomic mass is 9.84. The summed E-state index contributed by atoms with van der Waals surface area (Å²) in [5, 5.41) is 3.19. The Bertz CT molecular complexity index is 312. The lowest BCUT2D eigenvalue weighted by Crippen LogP contribution is -2.49. The predicted octanol–water partition coefficient (Wildman–Crippen LogP) is 3.28. The van der Waals surface area contributed by atoms with Crippen LogP contribution in [0.1, 0.15) is 46.0 Å². The van der Waals surface area contributed by atoms with Gasteiger partial charge in [-0.1, -0.05) is 20.3 Å². The number of nitrogens with one attached hydrogen (secondary N) is 1. The minimum atomic E-state index is -4.09. The number of esters is 1. The molecule has 0 aliphatic heterocycles. The van der Waals surface area contributed by atoms with Gasteiger partial charge < -0.3 is 10.1 Å². The maximum atomic E-state index is 12.6. The van der Waals surface area contributed by atoms with Crippen LogP contribution in [0.5, 0.6) is 0 Å². The third-order valence-electron chi connectivity index (χ3n) is 4.27.